The molecule has 0 aliphatic carbocycles. The lowest BCUT2D eigenvalue weighted by Gasteiger charge is -2.10. The zero-order chi connectivity index (χ0) is 25.4. The number of halogens is 2. The number of rotatable bonds is 9. The summed E-state index contributed by atoms with van der Waals surface area (Å²) >= 11 is 9.06. The number of carbonyl (C=O) groups excluding carboxylic acids is 2. The highest BCUT2D eigenvalue weighted by Gasteiger charge is 2.15. The minimum Gasteiger partial charge on any atom is -0.493 e. The lowest BCUT2D eigenvalue weighted by molar-refractivity contribution is -0.119. The summed E-state index contributed by atoms with van der Waals surface area (Å²) < 4.78 is 38.0. The van der Waals surface area contributed by atoms with Gasteiger partial charge in [0.1, 0.15) is 0 Å². The zero-order valence-corrected chi connectivity index (χ0v) is 21.4. The maximum Gasteiger partial charge on any atom is 0.343 e. The van der Waals surface area contributed by atoms with E-state index in [1.807, 2.05) is 0 Å². The van der Waals surface area contributed by atoms with Gasteiger partial charge in [-0.15, -0.1) is 0 Å². The van der Waals surface area contributed by atoms with E-state index < -0.39 is 28.4 Å². The van der Waals surface area contributed by atoms with Crippen molar-refractivity contribution >= 4 is 55.6 Å². The second-order valence-electron chi connectivity index (χ2n) is 6.88. The molecule has 12 heteroatoms. The van der Waals surface area contributed by atoms with Gasteiger partial charge in [-0.1, -0.05) is 33.6 Å². The topological polar surface area (TPSA) is 123 Å². The van der Waals surface area contributed by atoms with Gasteiger partial charge < -0.3 is 9.47 Å². The van der Waals surface area contributed by atoms with Crippen molar-refractivity contribution in [3.63, 3.8) is 0 Å². The molecule has 0 saturated carbocycles. The monoisotopic (exact) mass is 579 g/mol. The van der Waals surface area contributed by atoms with Crippen molar-refractivity contribution in [2.45, 2.75) is 4.90 Å². The van der Waals surface area contributed by atoms with E-state index in [2.05, 4.69) is 31.2 Å². The van der Waals surface area contributed by atoms with E-state index in [1.165, 1.54) is 43.7 Å². The van der Waals surface area contributed by atoms with Crippen LogP contribution in [0, 0.1) is 0 Å². The van der Waals surface area contributed by atoms with Gasteiger partial charge in [0.25, 0.3) is 5.91 Å². The molecule has 9 nitrogen and oxygen atoms in total. The normalized spacial score (nSPS) is 11.3. The molecule has 35 heavy (non-hydrogen) atoms. The van der Waals surface area contributed by atoms with E-state index in [9.17, 15) is 18.0 Å². The van der Waals surface area contributed by atoms with Gasteiger partial charge in [0, 0.05) is 9.50 Å². The Morgan fingerprint density at radius 1 is 1.06 bits per heavy atom. The van der Waals surface area contributed by atoms with Crippen LogP contribution in [0.25, 0.3) is 0 Å². The molecule has 0 unspecified atom stereocenters. The Hall–Kier alpha value is -3.25. The summed E-state index contributed by atoms with van der Waals surface area (Å²) in [6.07, 6.45) is 1.33. The second-order valence-corrected chi connectivity index (χ2v) is 10.0. The molecule has 182 valence electrons. The molecule has 0 saturated heterocycles. The van der Waals surface area contributed by atoms with E-state index in [4.69, 9.17) is 21.1 Å². The molecule has 0 radical (unpaired) electrons. The summed E-state index contributed by atoms with van der Waals surface area (Å²) in [4.78, 5) is 24.3. The lowest BCUT2D eigenvalue weighted by Crippen LogP contribution is -2.34. The van der Waals surface area contributed by atoms with Gasteiger partial charge >= 0.3 is 5.97 Å². The smallest absolute Gasteiger partial charge is 0.343 e. The molecule has 3 rings (SSSR count). The lowest BCUT2D eigenvalue weighted by atomic mass is 10.2. The van der Waals surface area contributed by atoms with Crippen LogP contribution in [0.5, 0.6) is 11.5 Å². The predicted molar refractivity (Wildman–Crippen MR) is 134 cm³/mol. The first kappa shape index (κ1) is 26.4. The largest absolute Gasteiger partial charge is 0.493 e. The number of nitrogens with zero attached hydrogens (tertiary/aromatic N) is 1. The number of benzene rings is 3. The molecule has 0 aliphatic heterocycles. The van der Waals surface area contributed by atoms with Crippen molar-refractivity contribution in [3.05, 3.63) is 87.4 Å². The van der Waals surface area contributed by atoms with Gasteiger partial charge in [0.05, 0.1) is 30.3 Å². The minimum atomic E-state index is -3.88. The third-order valence-electron chi connectivity index (χ3n) is 4.40. The average molecular weight is 581 g/mol. The Kier molecular flexibility index (Phi) is 8.99. The Labute approximate surface area is 215 Å². The molecule has 0 heterocycles. The van der Waals surface area contributed by atoms with Crippen LogP contribution in [0.3, 0.4) is 0 Å². The number of nitrogens with one attached hydrogen (secondary N) is 2. The zero-order valence-electron chi connectivity index (χ0n) is 18.2. The minimum absolute atomic E-state index is 0.0222. The Balaban J connectivity index is 1.57. The van der Waals surface area contributed by atoms with Crippen LogP contribution in [0.2, 0.25) is 5.02 Å². The van der Waals surface area contributed by atoms with Crippen molar-refractivity contribution in [1.29, 1.82) is 0 Å². The highest BCUT2D eigenvalue weighted by Crippen LogP contribution is 2.28. The number of sulfonamides is 1. The van der Waals surface area contributed by atoms with Crippen LogP contribution in [0.15, 0.2) is 81.2 Å². The van der Waals surface area contributed by atoms with Gasteiger partial charge in [-0.2, -0.15) is 5.10 Å². The first-order valence-corrected chi connectivity index (χ1v) is 12.6. The van der Waals surface area contributed by atoms with E-state index >= 15 is 0 Å². The van der Waals surface area contributed by atoms with E-state index in [-0.39, 0.29) is 16.4 Å². The summed E-state index contributed by atoms with van der Waals surface area (Å²) in [5.74, 6) is -0.751. The molecule has 1 amide bonds. The molecule has 0 aliphatic rings. The number of carbonyl (C=O) groups is 2. The molecular weight excluding hydrogens is 562 g/mol. The number of esters is 1. The third kappa shape index (κ3) is 7.62. The van der Waals surface area contributed by atoms with Crippen molar-refractivity contribution in [2.24, 2.45) is 5.10 Å². The fraction of sp³-hybridized carbons (Fsp3) is 0.0870. The number of methoxy groups -OCH3 is 1. The second kappa shape index (κ2) is 11.9. The number of ether oxygens (including phenoxy) is 2. The molecule has 0 fully saturated rings. The first-order valence-electron chi connectivity index (χ1n) is 9.91. The maximum atomic E-state index is 12.4. The van der Waals surface area contributed by atoms with Crippen molar-refractivity contribution in [1.82, 2.24) is 10.1 Å². The fourth-order valence-electron chi connectivity index (χ4n) is 2.70. The summed E-state index contributed by atoms with van der Waals surface area (Å²) in [6, 6.07) is 17.0. The van der Waals surface area contributed by atoms with E-state index in [0.29, 0.717) is 16.1 Å². The van der Waals surface area contributed by atoms with Crippen LogP contribution in [-0.2, 0) is 14.8 Å². The first-order chi connectivity index (χ1) is 16.7. The van der Waals surface area contributed by atoms with Crippen molar-refractivity contribution < 1.29 is 27.5 Å². The highest BCUT2D eigenvalue weighted by atomic mass is 79.9. The quantitative estimate of drug-likeness (QED) is 0.172. The van der Waals surface area contributed by atoms with Crippen LogP contribution < -0.4 is 19.6 Å². The van der Waals surface area contributed by atoms with Crippen LogP contribution in [-0.4, -0.2) is 40.2 Å². The molecule has 0 bridgehead atoms. The standard InChI is InChI=1S/C23H19BrClN3O6S/c1-33-21-11-15(5-10-20(21)34-23(30)16-3-2-4-17(24)12-16)13-26-28-22(29)14-27-35(31,32)19-8-6-18(25)7-9-19/h2-13,27H,14H2,1H3,(H,28,29)/b26-13-. The van der Waals surface area contributed by atoms with Gasteiger partial charge in [-0.25, -0.2) is 23.4 Å². The van der Waals surface area contributed by atoms with Gasteiger partial charge in [-0.3, -0.25) is 4.79 Å². The summed E-state index contributed by atoms with van der Waals surface area (Å²) in [6.45, 7) is -0.518. The van der Waals surface area contributed by atoms with E-state index in [1.54, 1.807) is 36.4 Å². The Morgan fingerprint density at radius 2 is 1.80 bits per heavy atom. The maximum absolute atomic E-state index is 12.4. The van der Waals surface area contributed by atoms with Gasteiger partial charge in [-0.05, 0) is 66.2 Å². The predicted octanol–water partition coefficient (Wildman–Crippen LogP) is 3.76. The number of hydrazone groups is 1. The van der Waals surface area contributed by atoms with Crippen molar-refractivity contribution in [3.8, 4) is 11.5 Å². The Morgan fingerprint density at radius 3 is 2.49 bits per heavy atom. The molecular formula is C23H19BrClN3O6S. The average Bonchev–Trinajstić information content (AvgIpc) is 2.84. The van der Waals surface area contributed by atoms with Gasteiger partial charge in [0.15, 0.2) is 11.5 Å². The van der Waals surface area contributed by atoms with Crippen LogP contribution in [0.1, 0.15) is 15.9 Å². The van der Waals surface area contributed by atoms with Crippen LogP contribution in [0.4, 0.5) is 0 Å². The third-order valence-corrected chi connectivity index (χ3v) is 6.56. The summed E-state index contributed by atoms with van der Waals surface area (Å²) in [5, 5.41) is 4.20. The molecule has 0 aromatic heterocycles. The van der Waals surface area contributed by atoms with Crippen LogP contribution >= 0.6 is 27.5 Å². The number of amides is 1. The van der Waals surface area contributed by atoms with E-state index in [0.717, 1.165) is 4.47 Å². The highest BCUT2D eigenvalue weighted by molar-refractivity contribution is 9.10. The fourth-order valence-corrected chi connectivity index (χ4v) is 4.21. The molecule has 0 atom stereocenters. The van der Waals surface area contributed by atoms with Crippen molar-refractivity contribution in [2.75, 3.05) is 13.7 Å². The summed E-state index contributed by atoms with van der Waals surface area (Å²) in [7, 11) is -2.46. The molecule has 0 spiro atoms. The molecule has 2 N–H and O–H groups in total. The summed E-state index contributed by atoms with van der Waals surface area (Å²) in [5.41, 5.74) is 3.12. The molecule has 3 aromatic rings. The SMILES string of the molecule is COc1cc(/C=N\NC(=O)CNS(=O)(=O)c2ccc(Cl)cc2)ccc1OC(=O)c1cccc(Br)c1. The number of hydrogen-bond acceptors (Lipinski definition) is 7. The molecule has 3 aromatic carbocycles. The van der Waals surface area contributed by atoms with Gasteiger partial charge in [0.2, 0.25) is 10.0 Å². The Bertz CT molecular complexity index is 1360. The number of hydrogen-bond donors (Lipinski definition) is 2.